The van der Waals surface area contributed by atoms with Gasteiger partial charge in [-0.2, -0.15) is 0 Å². The van der Waals surface area contributed by atoms with Gasteiger partial charge < -0.3 is 4.74 Å². The Balaban J connectivity index is 2.00. The molecule has 2 rings (SSSR count). The van der Waals surface area contributed by atoms with Crippen molar-refractivity contribution in [1.82, 2.24) is 5.32 Å². The number of ether oxygens (including phenoxy) is 1. The molecule has 1 aromatic rings. The summed E-state index contributed by atoms with van der Waals surface area (Å²) in [6.07, 6.45) is 1.24. The molecule has 3 heteroatoms. The summed E-state index contributed by atoms with van der Waals surface area (Å²) >= 11 is 0. The van der Waals surface area contributed by atoms with Crippen molar-refractivity contribution < 1.29 is 4.74 Å². The summed E-state index contributed by atoms with van der Waals surface area (Å²) in [4.78, 5) is 4.48. The minimum atomic E-state index is 0.125. The van der Waals surface area contributed by atoms with Crippen LogP contribution in [0.4, 0.5) is 0 Å². The third-order valence-corrected chi connectivity index (χ3v) is 2.30. The van der Waals surface area contributed by atoms with Crippen LogP contribution in [0.2, 0.25) is 0 Å². The summed E-state index contributed by atoms with van der Waals surface area (Å²) in [6.45, 7) is 3.77. The summed E-state index contributed by atoms with van der Waals surface area (Å²) < 4.78 is 5.54. The van der Waals surface area contributed by atoms with E-state index in [9.17, 15) is 0 Å². The van der Waals surface area contributed by atoms with Gasteiger partial charge in [-0.15, -0.1) is 0 Å². The molecule has 1 heterocycles. The van der Waals surface area contributed by atoms with Crippen LogP contribution in [-0.4, -0.2) is 25.2 Å². The van der Waals surface area contributed by atoms with Crippen LogP contribution in [0.25, 0.3) is 0 Å². The van der Waals surface area contributed by atoms with Gasteiger partial charge in [-0.25, -0.2) is 4.99 Å². The average Bonchev–Trinajstić information content (AvgIpc) is 2.76. The molecule has 0 bridgehead atoms. The van der Waals surface area contributed by atoms with E-state index in [0.29, 0.717) is 6.61 Å². The first-order valence-corrected chi connectivity index (χ1v) is 5.39. The van der Waals surface area contributed by atoms with Gasteiger partial charge in [0.05, 0.1) is 0 Å². The maximum atomic E-state index is 5.54. The number of benzene rings is 1. The lowest BCUT2D eigenvalue weighted by molar-refractivity contribution is 0.299. The van der Waals surface area contributed by atoms with Crippen molar-refractivity contribution >= 4 is 5.90 Å². The van der Waals surface area contributed by atoms with E-state index in [2.05, 4.69) is 17.2 Å². The molecule has 0 aromatic heterocycles. The van der Waals surface area contributed by atoms with E-state index >= 15 is 0 Å². The molecular formula is C12H16N2O. The molecule has 1 unspecified atom stereocenters. The van der Waals surface area contributed by atoms with E-state index in [-0.39, 0.29) is 6.17 Å². The molecule has 1 N–H and O–H groups in total. The Bertz CT molecular complexity index is 335. The van der Waals surface area contributed by atoms with E-state index < -0.39 is 0 Å². The zero-order valence-electron chi connectivity index (χ0n) is 8.94. The second kappa shape index (κ2) is 4.94. The summed E-state index contributed by atoms with van der Waals surface area (Å²) in [7, 11) is 0. The highest BCUT2D eigenvalue weighted by atomic mass is 16.5. The molecular weight excluding hydrogens is 188 g/mol. The maximum absolute atomic E-state index is 5.54. The lowest BCUT2D eigenvalue weighted by Gasteiger charge is -2.04. The molecule has 1 aliphatic rings. The molecule has 0 spiro atoms. The van der Waals surface area contributed by atoms with Gasteiger partial charge in [0.15, 0.2) is 0 Å². The van der Waals surface area contributed by atoms with Crippen molar-refractivity contribution in [2.75, 3.05) is 13.2 Å². The quantitative estimate of drug-likeness (QED) is 0.811. The summed E-state index contributed by atoms with van der Waals surface area (Å²) in [6, 6.07) is 10.0. The third-order valence-electron chi connectivity index (χ3n) is 2.30. The zero-order valence-corrected chi connectivity index (χ0v) is 8.94. The molecule has 0 saturated heterocycles. The van der Waals surface area contributed by atoms with Crippen LogP contribution in [-0.2, 0) is 4.74 Å². The topological polar surface area (TPSA) is 33.6 Å². The molecule has 0 saturated carbocycles. The van der Waals surface area contributed by atoms with Crippen LogP contribution in [0, 0.1) is 0 Å². The summed E-state index contributed by atoms with van der Waals surface area (Å²) in [5, 5.41) is 3.32. The van der Waals surface area contributed by atoms with Crippen LogP contribution in [0.3, 0.4) is 0 Å². The van der Waals surface area contributed by atoms with Crippen molar-refractivity contribution in [2.45, 2.75) is 19.5 Å². The number of rotatable bonds is 4. The summed E-state index contributed by atoms with van der Waals surface area (Å²) in [5.41, 5.74) is 1.05. The van der Waals surface area contributed by atoms with Crippen LogP contribution >= 0.6 is 0 Å². The predicted octanol–water partition coefficient (Wildman–Crippen LogP) is 1.79. The standard InChI is InChI=1S/C12H16N2O/c1-2-8-13-11-9-15-12(14-11)10-6-4-3-5-7-10/h3-7,11,13H,2,8-9H2,1H3. The van der Waals surface area contributed by atoms with Crippen molar-refractivity contribution in [1.29, 1.82) is 0 Å². The lowest BCUT2D eigenvalue weighted by atomic mass is 10.2. The average molecular weight is 204 g/mol. The minimum Gasteiger partial charge on any atom is -0.474 e. The Kier molecular flexibility index (Phi) is 3.35. The fraction of sp³-hybridized carbons (Fsp3) is 0.417. The second-order valence-corrected chi connectivity index (χ2v) is 3.58. The molecule has 0 aliphatic carbocycles. The molecule has 0 amide bonds. The van der Waals surface area contributed by atoms with E-state index in [1.165, 1.54) is 0 Å². The molecule has 1 atom stereocenters. The first kappa shape index (κ1) is 10.2. The number of nitrogens with one attached hydrogen (secondary N) is 1. The van der Waals surface area contributed by atoms with Gasteiger partial charge in [-0.1, -0.05) is 25.1 Å². The Morgan fingerprint density at radius 2 is 2.20 bits per heavy atom. The van der Waals surface area contributed by atoms with Gasteiger partial charge in [0.25, 0.3) is 0 Å². The van der Waals surface area contributed by atoms with Gasteiger partial charge in [0.1, 0.15) is 12.8 Å². The lowest BCUT2D eigenvalue weighted by Crippen LogP contribution is -2.28. The predicted molar refractivity (Wildman–Crippen MR) is 61.0 cm³/mol. The van der Waals surface area contributed by atoms with Gasteiger partial charge >= 0.3 is 0 Å². The first-order chi connectivity index (χ1) is 7.40. The highest BCUT2D eigenvalue weighted by molar-refractivity contribution is 5.95. The fourth-order valence-electron chi connectivity index (χ4n) is 1.53. The van der Waals surface area contributed by atoms with Crippen LogP contribution < -0.4 is 5.32 Å². The molecule has 3 nitrogen and oxygen atoms in total. The van der Waals surface area contributed by atoms with Crippen molar-refractivity contribution in [2.24, 2.45) is 4.99 Å². The Labute approximate surface area is 90.2 Å². The minimum absolute atomic E-state index is 0.125. The smallest absolute Gasteiger partial charge is 0.217 e. The van der Waals surface area contributed by atoms with Gasteiger partial charge in [-0.05, 0) is 25.1 Å². The van der Waals surface area contributed by atoms with Crippen molar-refractivity contribution in [3.63, 3.8) is 0 Å². The molecule has 15 heavy (non-hydrogen) atoms. The Morgan fingerprint density at radius 3 is 2.93 bits per heavy atom. The molecule has 1 aromatic carbocycles. The molecule has 0 radical (unpaired) electrons. The van der Waals surface area contributed by atoms with Crippen LogP contribution in [0.1, 0.15) is 18.9 Å². The highest BCUT2D eigenvalue weighted by Crippen LogP contribution is 2.10. The monoisotopic (exact) mass is 204 g/mol. The van der Waals surface area contributed by atoms with Crippen LogP contribution in [0.5, 0.6) is 0 Å². The number of aliphatic imine (C=N–C) groups is 1. The fourth-order valence-corrected chi connectivity index (χ4v) is 1.53. The summed E-state index contributed by atoms with van der Waals surface area (Å²) in [5.74, 6) is 0.754. The number of nitrogens with zero attached hydrogens (tertiary/aromatic N) is 1. The normalized spacial score (nSPS) is 19.8. The molecule has 80 valence electrons. The highest BCUT2D eigenvalue weighted by Gasteiger charge is 2.18. The zero-order chi connectivity index (χ0) is 10.5. The van der Waals surface area contributed by atoms with E-state index in [4.69, 9.17) is 4.74 Å². The van der Waals surface area contributed by atoms with E-state index in [1.54, 1.807) is 0 Å². The Hall–Kier alpha value is -1.35. The number of hydrogen-bond acceptors (Lipinski definition) is 3. The molecule has 0 fully saturated rings. The second-order valence-electron chi connectivity index (χ2n) is 3.58. The van der Waals surface area contributed by atoms with Gasteiger partial charge in [0.2, 0.25) is 5.90 Å². The van der Waals surface area contributed by atoms with Crippen molar-refractivity contribution in [3.8, 4) is 0 Å². The first-order valence-electron chi connectivity index (χ1n) is 5.39. The van der Waals surface area contributed by atoms with E-state index in [1.807, 2.05) is 30.3 Å². The number of hydrogen-bond donors (Lipinski definition) is 1. The van der Waals surface area contributed by atoms with Gasteiger partial charge in [-0.3, -0.25) is 5.32 Å². The third kappa shape index (κ3) is 2.57. The van der Waals surface area contributed by atoms with Crippen LogP contribution in [0.15, 0.2) is 35.3 Å². The SMILES string of the molecule is CCCNC1COC(c2ccccc2)=N1. The van der Waals surface area contributed by atoms with Gasteiger partial charge in [0, 0.05) is 5.56 Å². The Morgan fingerprint density at radius 1 is 1.40 bits per heavy atom. The van der Waals surface area contributed by atoms with E-state index in [0.717, 1.165) is 24.4 Å². The van der Waals surface area contributed by atoms with Crippen molar-refractivity contribution in [3.05, 3.63) is 35.9 Å². The molecule has 1 aliphatic heterocycles. The largest absolute Gasteiger partial charge is 0.474 e. The maximum Gasteiger partial charge on any atom is 0.217 e.